The third kappa shape index (κ3) is 3.81. The average Bonchev–Trinajstić information content (AvgIpc) is 2.79. The van der Waals surface area contributed by atoms with Gasteiger partial charge in [0.2, 0.25) is 5.95 Å². The van der Waals surface area contributed by atoms with Gasteiger partial charge >= 0.3 is 0 Å². The van der Waals surface area contributed by atoms with Crippen LogP contribution in [0.25, 0.3) is 0 Å². The van der Waals surface area contributed by atoms with E-state index in [9.17, 15) is 4.79 Å². The SMILES string of the molecule is CC(C)c1cc(C(=O)NC2CN3CCC2CC3)nc(N2CCc3ccccc3C2)n1. The zero-order valence-electron chi connectivity index (χ0n) is 18.0. The summed E-state index contributed by atoms with van der Waals surface area (Å²) < 4.78 is 0. The molecule has 6 heteroatoms. The summed E-state index contributed by atoms with van der Waals surface area (Å²) in [5.41, 5.74) is 4.14. The minimum absolute atomic E-state index is 0.0586. The highest BCUT2D eigenvalue weighted by molar-refractivity contribution is 5.93. The molecule has 1 aromatic carbocycles. The van der Waals surface area contributed by atoms with Crippen molar-refractivity contribution in [2.45, 2.75) is 51.6 Å². The number of aromatic nitrogens is 2. The molecular formula is C24H31N5O. The van der Waals surface area contributed by atoms with Crippen LogP contribution in [-0.4, -0.2) is 53.0 Å². The maximum absolute atomic E-state index is 13.2. The molecule has 0 radical (unpaired) electrons. The fourth-order valence-electron chi connectivity index (χ4n) is 5.04. The molecule has 1 atom stereocenters. The summed E-state index contributed by atoms with van der Waals surface area (Å²) in [6.45, 7) is 9.20. The fraction of sp³-hybridized carbons (Fsp3) is 0.542. The number of anilines is 1. The Hall–Kier alpha value is -2.47. The van der Waals surface area contributed by atoms with E-state index >= 15 is 0 Å². The Kier molecular flexibility index (Phi) is 5.19. The maximum Gasteiger partial charge on any atom is 0.270 e. The van der Waals surface area contributed by atoms with Gasteiger partial charge in [0, 0.05) is 31.4 Å². The van der Waals surface area contributed by atoms with E-state index in [-0.39, 0.29) is 17.9 Å². The first-order valence-corrected chi connectivity index (χ1v) is 11.3. The van der Waals surface area contributed by atoms with Gasteiger partial charge in [-0.1, -0.05) is 38.1 Å². The van der Waals surface area contributed by atoms with Gasteiger partial charge in [0.05, 0.1) is 0 Å². The molecule has 30 heavy (non-hydrogen) atoms. The summed E-state index contributed by atoms with van der Waals surface area (Å²) >= 11 is 0. The number of nitrogens with zero attached hydrogens (tertiary/aromatic N) is 4. The second-order valence-corrected chi connectivity index (χ2v) is 9.29. The predicted octanol–water partition coefficient (Wildman–Crippen LogP) is 2.99. The molecule has 3 fully saturated rings. The Morgan fingerprint density at radius 3 is 2.57 bits per heavy atom. The number of rotatable bonds is 4. The molecule has 4 aliphatic rings. The van der Waals surface area contributed by atoms with Crippen molar-refractivity contribution in [3.63, 3.8) is 0 Å². The molecule has 1 amide bonds. The zero-order valence-corrected chi connectivity index (χ0v) is 18.0. The molecule has 2 aromatic rings. The first-order chi connectivity index (χ1) is 14.6. The van der Waals surface area contributed by atoms with Crippen molar-refractivity contribution in [2.24, 2.45) is 5.92 Å². The number of piperidine rings is 3. The van der Waals surface area contributed by atoms with Crippen molar-refractivity contribution < 1.29 is 4.79 Å². The van der Waals surface area contributed by atoms with Crippen molar-refractivity contribution in [1.29, 1.82) is 0 Å². The summed E-state index contributed by atoms with van der Waals surface area (Å²) in [6, 6.07) is 10.7. The van der Waals surface area contributed by atoms with Crippen LogP contribution in [-0.2, 0) is 13.0 Å². The molecule has 158 valence electrons. The lowest BCUT2D eigenvalue weighted by atomic mass is 9.84. The Labute approximate surface area is 178 Å². The van der Waals surface area contributed by atoms with E-state index in [0.717, 1.165) is 31.7 Å². The summed E-state index contributed by atoms with van der Waals surface area (Å²) in [6.07, 6.45) is 3.35. The van der Waals surface area contributed by atoms with Gasteiger partial charge in [-0.05, 0) is 61.4 Å². The summed E-state index contributed by atoms with van der Waals surface area (Å²) in [4.78, 5) is 27.4. The number of nitrogens with one attached hydrogen (secondary N) is 1. The number of benzene rings is 1. The van der Waals surface area contributed by atoms with Crippen LogP contribution in [0, 0.1) is 5.92 Å². The van der Waals surface area contributed by atoms with Gasteiger partial charge in [-0.25, -0.2) is 9.97 Å². The van der Waals surface area contributed by atoms with Gasteiger partial charge in [-0.3, -0.25) is 4.79 Å². The van der Waals surface area contributed by atoms with E-state index in [0.29, 0.717) is 17.6 Å². The summed E-state index contributed by atoms with van der Waals surface area (Å²) in [7, 11) is 0. The largest absolute Gasteiger partial charge is 0.346 e. The molecule has 4 aliphatic heterocycles. The molecule has 0 saturated carbocycles. The number of hydrogen-bond donors (Lipinski definition) is 1. The van der Waals surface area contributed by atoms with Crippen LogP contribution < -0.4 is 10.2 Å². The van der Waals surface area contributed by atoms with Gasteiger partial charge in [-0.2, -0.15) is 0 Å². The van der Waals surface area contributed by atoms with Gasteiger partial charge < -0.3 is 15.1 Å². The Morgan fingerprint density at radius 2 is 1.87 bits per heavy atom. The minimum Gasteiger partial charge on any atom is -0.346 e. The van der Waals surface area contributed by atoms with Crippen molar-refractivity contribution in [3.8, 4) is 0 Å². The molecule has 6 nitrogen and oxygen atoms in total. The van der Waals surface area contributed by atoms with Crippen LogP contribution in [0.15, 0.2) is 30.3 Å². The van der Waals surface area contributed by atoms with Crippen LogP contribution in [0.2, 0.25) is 0 Å². The molecule has 3 saturated heterocycles. The van der Waals surface area contributed by atoms with Crippen LogP contribution in [0.1, 0.15) is 59.9 Å². The third-order valence-electron chi connectivity index (χ3n) is 6.94. The lowest BCUT2D eigenvalue weighted by Crippen LogP contribution is -2.57. The van der Waals surface area contributed by atoms with Crippen LogP contribution in [0.3, 0.4) is 0 Å². The molecule has 0 aliphatic carbocycles. The number of carbonyl (C=O) groups excluding carboxylic acids is 1. The number of hydrogen-bond acceptors (Lipinski definition) is 5. The highest BCUT2D eigenvalue weighted by Gasteiger charge is 2.35. The van der Waals surface area contributed by atoms with Crippen LogP contribution in [0.5, 0.6) is 0 Å². The van der Waals surface area contributed by atoms with Gasteiger partial charge in [-0.15, -0.1) is 0 Å². The lowest BCUT2D eigenvalue weighted by Gasteiger charge is -2.44. The first kappa shape index (κ1) is 19.5. The Balaban J connectivity index is 1.39. The van der Waals surface area contributed by atoms with Crippen molar-refractivity contribution in [1.82, 2.24) is 20.2 Å². The molecule has 0 spiro atoms. The minimum atomic E-state index is -0.0586. The van der Waals surface area contributed by atoms with Crippen molar-refractivity contribution in [3.05, 3.63) is 52.8 Å². The Morgan fingerprint density at radius 1 is 1.10 bits per heavy atom. The van der Waals surface area contributed by atoms with E-state index in [2.05, 4.69) is 53.2 Å². The number of carbonyl (C=O) groups is 1. The van der Waals surface area contributed by atoms with Crippen LogP contribution >= 0.6 is 0 Å². The van der Waals surface area contributed by atoms with Gasteiger partial charge in [0.1, 0.15) is 5.69 Å². The van der Waals surface area contributed by atoms with Crippen molar-refractivity contribution in [2.75, 3.05) is 31.1 Å². The third-order valence-corrected chi connectivity index (χ3v) is 6.94. The lowest BCUT2D eigenvalue weighted by molar-refractivity contribution is 0.0617. The molecule has 6 rings (SSSR count). The van der Waals surface area contributed by atoms with E-state index in [1.165, 1.54) is 37.1 Å². The number of fused-ring (bicyclic) bond motifs is 4. The predicted molar refractivity (Wildman–Crippen MR) is 118 cm³/mol. The van der Waals surface area contributed by atoms with E-state index in [1.807, 2.05) is 6.07 Å². The van der Waals surface area contributed by atoms with Crippen LogP contribution in [0.4, 0.5) is 5.95 Å². The zero-order chi connectivity index (χ0) is 20.7. The van der Waals surface area contributed by atoms with E-state index < -0.39 is 0 Å². The molecule has 1 N–H and O–H groups in total. The number of amides is 1. The highest BCUT2D eigenvalue weighted by Crippen LogP contribution is 2.28. The van der Waals surface area contributed by atoms with Gasteiger partial charge in [0.25, 0.3) is 5.91 Å². The maximum atomic E-state index is 13.2. The van der Waals surface area contributed by atoms with E-state index in [1.54, 1.807) is 0 Å². The monoisotopic (exact) mass is 405 g/mol. The quantitative estimate of drug-likeness (QED) is 0.847. The topological polar surface area (TPSA) is 61.4 Å². The molecule has 1 unspecified atom stereocenters. The average molecular weight is 406 g/mol. The highest BCUT2D eigenvalue weighted by atomic mass is 16.2. The molecule has 5 heterocycles. The summed E-state index contributed by atoms with van der Waals surface area (Å²) in [5.74, 6) is 1.46. The molecular weight excluding hydrogens is 374 g/mol. The first-order valence-electron chi connectivity index (χ1n) is 11.3. The summed E-state index contributed by atoms with van der Waals surface area (Å²) in [5, 5.41) is 3.29. The molecule has 2 bridgehead atoms. The Bertz CT molecular complexity index is 935. The van der Waals surface area contributed by atoms with Gasteiger partial charge in [0.15, 0.2) is 0 Å². The normalized spacial score (nSPS) is 25.3. The van der Waals surface area contributed by atoms with Crippen molar-refractivity contribution >= 4 is 11.9 Å². The fourth-order valence-corrected chi connectivity index (χ4v) is 5.04. The smallest absolute Gasteiger partial charge is 0.270 e. The second kappa shape index (κ2) is 7.99. The van der Waals surface area contributed by atoms with E-state index in [4.69, 9.17) is 9.97 Å². The second-order valence-electron chi connectivity index (χ2n) is 9.29. The standard InChI is InChI=1S/C24H31N5O/c1-16(2)20-13-21(23(30)25-22-15-28-10-7-18(22)8-11-28)27-24(26-20)29-12-9-17-5-3-4-6-19(17)14-29/h3-6,13,16,18,22H,7-12,14-15H2,1-2H3,(H,25,30). The molecule has 1 aromatic heterocycles.